The number of carbonyl (C=O) groups excluding carboxylic acids is 2. The maximum absolute atomic E-state index is 12.3. The fraction of sp³-hybridized carbons (Fsp3) is 0.125. The van der Waals surface area contributed by atoms with Crippen LogP contribution in [0.2, 0.25) is 0 Å². The van der Waals surface area contributed by atoms with Gasteiger partial charge in [0.05, 0.1) is 29.6 Å². The number of nitrogens with zero attached hydrogens (tertiary/aromatic N) is 3. The van der Waals surface area contributed by atoms with Crippen LogP contribution in [0, 0.1) is 20.2 Å². The van der Waals surface area contributed by atoms with Gasteiger partial charge in [-0.25, -0.2) is 9.59 Å². The van der Waals surface area contributed by atoms with Gasteiger partial charge in [-0.05, 0) is 18.2 Å². The van der Waals surface area contributed by atoms with E-state index < -0.39 is 38.9 Å². The van der Waals surface area contributed by atoms with Crippen molar-refractivity contribution >= 4 is 29.0 Å². The van der Waals surface area contributed by atoms with E-state index in [-0.39, 0.29) is 11.3 Å². The molecule has 1 aliphatic rings. The monoisotopic (exact) mass is 375 g/mol. The first-order chi connectivity index (χ1) is 12.8. The molecule has 2 rings (SSSR count). The highest BCUT2D eigenvalue weighted by molar-refractivity contribution is 6.06. The number of ether oxygens (including phenoxy) is 2. The average Bonchev–Trinajstić information content (AvgIpc) is 2.88. The number of rotatable bonds is 5. The molecule has 140 valence electrons. The van der Waals surface area contributed by atoms with E-state index in [1.165, 1.54) is 36.6 Å². The van der Waals surface area contributed by atoms with Crippen LogP contribution in [0.25, 0.3) is 0 Å². The molecule has 0 unspecified atom stereocenters. The maximum Gasteiger partial charge on any atom is 0.369 e. The molecule has 11 nitrogen and oxygen atoms in total. The Bertz CT molecular complexity index is 916. The Kier molecular flexibility index (Phi) is 5.65. The van der Waals surface area contributed by atoms with Crippen molar-refractivity contribution in [2.75, 3.05) is 19.1 Å². The van der Waals surface area contributed by atoms with Crippen molar-refractivity contribution in [3.63, 3.8) is 0 Å². The lowest BCUT2D eigenvalue weighted by Gasteiger charge is -2.22. The Labute approximate surface area is 152 Å². The summed E-state index contributed by atoms with van der Waals surface area (Å²) in [5.74, 6) is -1.89. The minimum absolute atomic E-state index is 0.241. The minimum Gasteiger partial charge on any atom is -0.465 e. The molecule has 0 radical (unpaired) electrons. The Morgan fingerprint density at radius 2 is 1.67 bits per heavy atom. The molecule has 27 heavy (non-hydrogen) atoms. The molecule has 0 saturated heterocycles. The summed E-state index contributed by atoms with van der Waals surface area (Å²) < 4.78 is 9.32. The number of carbonyl (C=O) groups is 2. The van der Waals surface area contributed by atoms with Crippen molar-refractivity contribution in [2.24, 2.45) is 0 Å². The zero-order valence-corrected chi connectivity index (χ0v) is 14.1. The third kappa shape index (κ3) is 3.66. The van der Waals surface area contributed by atoms with Gasteiger partial charge in [0, 0.05) is 12.3 Å². The lowest BCUT2D eigenvalue weighted by molar-refractivity contribution is -0.421. The van der Waals surface area contributed by atoms with E-state index in [4.69, 9.17) is 0 Å². The maximum atomic E-state index is 12.3. The molecular weight excluding hydrogens is 362 g/mol. The van der Waals surface area contributed by atoms with Crippen LogP contribution in [0.15, 0.2) is 53.9 Å². The number of anilines is 1. The zero-order valence-electron chi connectivity index (χ0n) is 14.1. The number of esters is 2. The molecular formula is C16H13N3O8. The van der Waals surface area contributed by atoms with Gasteiger partial charge in [-0.3, -0.25) is 20.2 Å². The third-order valence-corrected chi connectivity index (χ3v) is 3.52. The Hall–Kier alpha value is -4.02. The predicted molar refractivity (Wildman–Crippen MR) is 91.6 cm³/mol. The molecule has 1 heterocycles. The van der Waals surface area contributed by atoms with Crippen molar-refractivity contribution in [2.45, 2.75) is 0 Å². The van der Waals surface area contributed by atoms with E-state index >= 15 is 0 Å². The van der Waals surface area contributed by atoms with Gasteiger partial charge in [-0.15, -0.1) is 0 Å². The predicted octanol–water partition coefficient (Wildman–Crippen LogP) is 1.99. The van der Waals surface area contributed by atoms with Gasteiger partial charge in [-0.2, -0.15) is 0 Å². The van der Waals surface area contributed by atoms with Gasteiger partial charge in [0.1, 0.15) is 11.4 Å². The van der Waals surface area contributed by atoms with Crippen LogP contribution in [0.4, 0.5) is 17.1 Å². The van der Waals surface area contributed by atoms with Gasteiger partial charge < -0.3 is 14.4 Å². The van der Waals surface area contributed by atoms with E-state index in [1.807, 2.05) is 0 Å². The van der Waals surface area contributed by atoms with Crippen LogP contribution in [-0.4, -0.2) is 36.0 Å². The summed E-state index contributed by atoms with van der Waals surface area (Å²) in [6.45, 7) is 0. The highest BCUT2D eigenvalue weighted by Crippen LogP contribution is 2.39. The second-order valence-electron chi connectivity index (χ2n) is 4.98. The highest BCUT2D eigenvalue weighted by atomic mass is 16.6. The number of para-hydroxylation sites is 1. The first-order valence-electron chi connectivity index (χ1n) is 7.30. The summed E-state index contributed by atoms with van der Waals surface area (Å²) >= 11 is 0. The van der Waals surface area contributed by atoms with Crippen molar-refractivity contribution in [1.82, 2.24) is 0 Å². The number of methoxy groups -OCH3 is 2. The lowest BCUT2D eigenvalue weighted by Crippen LogP contribution is -2.27. The Balaban J connectivity index is 2.85. The summed E-state index contributed by atoms with van der Waals surface area (Å²) in [7, 11) is 2.15. The summed E-state index contributed by atoms with van der Waals surface area (Å²) in [5.41, 5.74) is -2.55. The molecule has 0 bridgehead atoms. The van der Waals surface area contributed by atoms with E-state index in [2.05, 4.69) is 9.47 Å². The summed E-state index contributed by atoms with van der Waals surface area (Å²) in [6, 6.07) is 3.39. The number of nitro groups is 2. The normalized spacial score (nSPS) is 13.2. The van der Waals surface area contributed by atoms with Gasteiger partial charge >= 0.3 is 23.3 Å². The number of hydrogen-bond acceptors (Lipinski definition) is 9. The van der Waals surface area contributed by atoms with Crippen molar-refractivity contribution in [3.05, 3.63) is 74.1 Å². The largest absolute Gasteiger partial charge is 0.465 e. The first-order valence-corrected chi connectivity index (χ1v) is 7.30. The van der Waals surface area contributed by atoms with E-state index in [0.29, 0.717) is 0 Å². The van der Waals surface area contributed by atoms with Crippen LogP contribution in [0.3, 0.4) is 0 Å². The number of hydrogen-bond donors (Lipinski definition) is 0. The lowest BCUT2D eigenvalue weighted by atomic mass is 10.1. The van der Waals surface area contributed by atoms with Gasteiger partial charge in [-0.1, -0.05) is 12.1 Å². The third-order valence-electron chi connectivity index (χ3n) is 3.52. The van der Waals surface area contributed by atoms with Crippen molar-refractivity contribution in [1.29, 1.82) is 0 Å². The van der Waals surface area contributed by atoms with Crippen LogP contribution in [0.1, 0.15) is 0 Å². The number of allylic oxidation sites excluding steroid dienone is 2. The molecule has 0 aromatic heterocycles. The fourth-order valence-electron chi connectivity index (χ4n) is 2.40. The molecule has 0 saturated carbocycles. The average molecular weight is 375 g/mol. The van der Waals surface area contributed by atoms with Gasteiger partial charge in [0.15, 0.2) is 0 Å². The first kappa shape index (κ1) is 19.3. The fourth-order valence-corrected chi connectivity index (χ4v) is 2.40. The van der Waals surface area contributed by atoms with Gasteiger partial charge in [0.25, 0.3) is 0 Å². The smallest absolute Gasteiger partial charge is 0.369 e. The minimum atomic E-state index is -0.993. The highest BCUT2D eigenvalue weighted by Gasteiger charge is 2.35. The quantitative estimate of drug-likeness (QED) is 0.429. The summed E-state index contributed by atoms with van der Waals surface area (Å²) in [4.78, 5) is 46.2. The Morgan fingerprint density at radius 1 is 1.00 bits per heavy atom. The SMILES string of the molecule is COC(=O)C1=C(C(=O)OC)N(c2cccc([N+](=O)[O-])c2[N+](=O)[O-])C=CC=C1. The van der Waals surface area contributed by atoms with Gasteiger partial charge in [0.2, 0.25) is 0 Å². The number of nitro benzene ring substituents is 2. The summed E-state index contributed by atoms with van der Waals surface area (Å²) in [5, 5.41) is 22.7. The van der Waals surface area contributed by atoms with E-state index in [9.17, 15) is 29.8 Å². The molecule has 0 amide bonds. The van der Waals surface area contributed by atoms with E-state index in [1.54, 1.807) is 0 Å². The molecule has 1 aromatic carbocycles. The van der Waals surface area contributed by atoms with Crippen LogP contribution < -0.4 is 4.90 Å². The zero-order chi connectivity index (χ0) is 20.1. The summed E-state index contributed by atoms with van der Waals surface area (Å²) in [6.07, 6.45) is 5.29. The Morgan fingerprint density at radius 3 is 2.22 bits per heavy atom. The topological polar surface area (TPSA) is 142 Å². The molecule has 0 atom stereocenters. The van der Waals surface area contributed by atoms with Crippen molar-refractivity contribution in [3.8, 4) is 0 Å². The number of benzene rings is 1. The van der Waals surface area contributed by atoms with E-state index in [0.717, 1.165) is 25.2 Å². The molecule has 1 aromatic rings. The van der Waals surface area contributed by atoms with Crippen molar-refractivity contribution < 1.29 is 28.9 Å². The molecule has 11 heteroatoms. The van der Waals surface area contributed by atoms with Crippen LogP contribution in [0.5, 0.6) is 0 Å². The molecule has 0 fully saturated rings. The molecule has 1 aliphatic heterocycles. The molecule has 0 spiro atoms. The standard InChI is InChI=1S/C16H13N3O8/c1-26-15(20)10-6-3-4-9-17(13(10)16(21)27-2)11-7-5-8-12(18(22)23)14(11)19(24)25/h3-9H,1-2H3. The molecule has 0 N–H and O–H groups in total. The second kappa shape index (κ2) is 7.91. The van der Waals surface area contributed by atoms with Crippen LogP contribution in [-0.2, 0) is 19.1 Å². The van der Waals surface area contributed by atoms with Crippen LogP contribution >= 0.6 is 0 Å². The molecule has 0 aliphatic carbocycles. The second-order valence-corrected chi connectivity index (χ2v) is 4.98.